The van der Waals surface area contributed by atoms with Crippen LogP contribution in [-0.2, 0) is 29.3 Å². The third kappa shape index (κ3) is 7.04. The summed E-state index contributed by atoms with van der Waals surface area (Å²) >= 11 is 0. The average molecular weight is 473 g/mol. The highest BCUT2D eigenvalue weighted by Crippen LogP contribution is 2.28. The molecule has 15 heteroatoms. The molecule has 0 bridgehead atoms. The number of aliphatic hydroxyl groups excluding tert-OH is 5. The summed E-state index contributed by atoms with van der Waals surface area (Å²) in [4.78, 5) is 11.0. The van der Waals surface area contributed by atoms with Crippen molar-refractivity contribution in [3.05, 3.63) is 11.8 Å². The summed E-state index contributed by atoms with van der Waals surface area (Å²) in [6, 6.07) is -1.57. The lowest BCUT2D eigenvalue weighted by Crippen LogP contribution is -2.61. The smallest absolute Gasteiger partial charge is 0.370 e. The van der Waals surface area contributed by atoms with Crippen molar-refractivity contribution in [1.82, 2.24) is 4.72 Å². The number of carbonyl (C=O) groups is 1. The molecule has 2 heterocycles. The van der Waals surface area contributed by atoms with Gasteiger partial charge in [-0.25, -0.2) is 4.79 Å². The van der Waals surface area contributed by atoms with Gasteiger partial charge in [0.05, 0.1) is 25.4 Å². The Bertz CT molecular complexity index is 744. The molecule has 0 aromatic rings. The molecule has 8 N–H and O–H groups in total. The van der Waals surface area contributed by atoms with Gasteiger partial charge in [0, 0.05) is 18.9 Å². The van der Waals surface area contributed by atoms with Crippen LogP contribution in [0.15, 0.2) is 11.8 Å². The normalized spacial score (nSPS) is 36.5. The second kappa shape index (κ2) is 11.0. The predicted octanol–water partition coefficient (Wildman–Crippen LogP) is -3.68. The van der Waals surface area contributed by atoms with Gasteiger partial charge >= 0.3 is 16.3 Å². The Kier molecular flexibility index (Phi) is 9.14. The standard InChI is InChI=1S/C16H27NO13S/c18-6-11-7(13(20)12(16(24)30-11)17-31(25,26)27)1-3-28-4-2-9-14(21)8(19)5-10(29-9)15(22)23/h5,7-9,11-14,16-21,24H,1-4,6H2,(H,22,23)(H,25,26,27)/t7-,8+,9+,11-,12-,13+,14-,16+/m1/s1. The molecular weight excluding hydrogens is 446 g/mol. The molecule has 14 nitrogen and oxygen atoms in total. The highest BCUT2D eigenvalue weighted by molar-refractivity contribution is 7.83. The van der Waals surface area contributed by atoms with Crippen molar-refractivity contribution in [2.24, 2.45) is 5.92 Å². The van der Waals surface area contributed by atoms with E-state index in [0.717, 1.165) is 6.08 Å². The summed E-state index contributed by atoms with van der Waals surface area (Å²) in [5.41, 5.74) is 0. The Labute approximate surface area is 177 Å². The predicted molar refractivity (Wildman–Crippen MR) is 98.6 cm³/mol. The summed E-state index contributed by atoms with van der Waals surface area (Å²) < 4.78 is 48.2. The molecule has 2 aliphatic rings. The van der Waals surface area contributed by atoms with E-state index >= 15 is 0 Å². The van der Waals surface area contributed by atoms with Crippen molar-refractivity contribution in [2.75, 3.05) is 19.8 Å². The van der Waals surface area contributed by atoms with E-state index in [2.05, 4.69) is 0 Å². The lowest BCUT2D eigenvalue weighted by Gasteiger charge is -2.42. The molecular formula is C16H27NO13S. The minimum atomic E-state index is -4.75. The fourth-order valence-electron chi connectivity index (χ4n) is 3.47. The maximum absolute atomic E-state index is 11.0. The van der Waals surface area contributed by atoms with Crippen LogP contribution in [0.25, 0.3) is 0 Å². The molecule has 180 valence electrons. The molecule has 31 heavy (non-hydrogen) atoms. The van der Waals surface area contributed by atoms with E-state index in [-0.39, 0.29) is 26.1 Å². The molecule has 0 spiro atoms. The van der Waals surface area contributed by atoms with Crippen LogP contribution in [0.1, 0.15) is 12.8 Å². The molecule has 0 aliphatic carbocycles. The Morgan fingerprint density at radius 3 is 2.32 bits per heavy atom. The maximum Gasteiger partial charge on any atom is 0.370 e. The second-order valence-electron chi connectivity index (χ2n) is 7.18. The highest BCUT2D eigenvalue weighted by Gasteiger charge is 2.45. The largest absolute Gasteiger partial charge is 0.480 e. The van der Waals surface area contributed by atoms with Gasteiger partial charge in [-0.2, -0.15) is 13.1 Å². The van der Waals surface area contributed by atoms with Crippen LogP contribution in [0.3, 0.4) is 0 Å². The van der Waals surface area contributed by atoms with Gasteiger partial charge in [-0.3, -0.25) is 4.55 Å². The first-order valence-corrected chi connectivity index (χ1v) is 10.8. The number of carboxylic acid groups (broad SMARTS) is 1. The van der Waals surface area contributed by atoms with E-state index in [0.29, 0.717) is 0 Å². The van der Waals surface area contributed by atoms with Crippen LogP contribution in [0, 0.1) is 5.92 Å². The van der Waals surface area contributed by atoms with Gasteiger partial charge in [0.1, 0.15) is 24.4 Å². The van der Waals surface area contributed by atoms with Gasteiger partial charge in [-0.05, 0) is 12.5 Å². The summed E-state index contributed by atoms with van der Waals surface area (Å²) in [7, 11) is -4.75. The first kappa shape index (κ1) is 25.9. The summed E-state index contributed by atoms with van der Waals surface area (Å²) in [5.74, 6) is -2.76. The zero-order valence-electron chi connectivity index (χ0n) is 16.2. The van der Waals surface area contributed by atoms with E-state index in [1.165, 1.54) is 0 Å². The number of rotatable bonds is 10. The van der Waals surface area contributed by atoms with Crippen molar-refractivity contribution in [3.8, 4) is 0 Å². The van der Waals surface area contributed by atoms with Gasteiger partial charge < -0.3 is 44.8 Å². The van der Waals surface area contributed by atoms with Crippen molar-refractivity contribution >= 4 is 16.3 Å². The molecule has 2 aliphatic heterocycles. The van der Waals surface area contributed by atoms with Gasteiger partial charge in [0.15, 0.2) is 6.29 Å². The third-order valence-corrected chi connectivity index (χ3v) is 5.62. The van der Waals surface area contributed by atoms with Crippen LogP contribution in [0.5, 0.6) is 0 Å². The molecule has 2 rings (SSSR count). The summed E-state index contributed by atoms with van der Waals surface area (Å²) in [6.45, 7) is -0.630. The fraction of sp³-hybridized carbons (Fsp3) is 0.812. The highest BCUT2D eigenvalue weighted by atomic mass is 32.2. The number of hydrogen-bond donors (Lipinski definition) is 8. The molecule has 0 unspecified atom stereocenters. The monoisotopic (exact) mass is 473 g/mol. The SMILES string of the molecule is O=C(O)C1=C[C@H](O)[C@@H](O)[C@H](CCOCC[C@H]2[C@H](O)[C@@H](NS(=O)(=O)O)[C@@H](O)O[C@@H]2CO)O1. The Hall–Kier alpha value is -1.40. The molecule has 0 aromatic carbocycles. The van der Waals surface area contributed by atoms with Gasteiger partial charge in [-0.15, -0.1) is 0 Å². The lowest BCUT2D eigenvalue weighted by molar-refractivity contribution is -0.237. The minimum Gasteiger partial charge on any atom is -0.480 e. The topological polar surface area (TPSA) is 233 Å². The van der Waals surface area contributed by atoms with Gasteiger partial charge in [-0.1, -0.05) is 0 Å². The van der Waals surface area contributed by atoms with E-state index in [1.807, 2.05) is 0 Å². The zero-order valence-corrected chi connectivity index (χ0v) is 17.0. The van der Waals surface area contributed by atoms with Crippen LogP contribution >= 0.6 is 0 Å². The number of carboxylic acids is 1. The molecule has 1 fully saturated rings. The van der Waals surface area contributed by atoms with E-state index < -0.39 is 77.4 Å². The zero-order chi connectivity index (χ0) is 23.3. The summed E-state index contributed by atoms with van der Waals surface area (Å²) in [6.07, 6.45) is -7.19. The van der Waals surface area contributed by atoms with Crippen molar-refractivity contribution < 1.29 is 62.6 Å². The van der Waals surface area contributed by atoms with Crippen molar-refractivity contribution in [2.45, 2.75) is 55.7 Å². The van der Waals surface area contributed by atoms with Crippen LogP contribution in [0.4, 0.5) is 0 Å². The number of hydrogen-bond acceptors (Lipinski definition) is 11. The molecule has 1 saturated heterocycles. The number of aliphatic hydroxyl groups is 5. The first-order valence-electron chi connectivity index (χ1n) is 9.37. The average Bonchev–Trinajstić information content (AvgIpc) is 2.68. The lowest BCUT2D eigenvalue weighted by atomic mass is 9.86. The molecule has 0 amide bonds. The Morgan fingerprint density at radius 1 is 1.10 bits per heavy atom. The third-order valence-electron chi connectivity index (χ3n) is 5.05. The maximum atomic E-state index is 11.0. The van der Waals surface area contributed by atoms with E-state index in [1.54, 1.807) is 4.72 Å². The number of aliphatic carboxylic acids is 1. The number of nitrogens with one attached hydrogen (secondary N) is 1. The molecule has 0 saturated carbocycles. The van der Waals surface area contributed by atoms with Gasteiger partial charge in [0.25, 0.3) is 0 Å². The van der Waals surface area contributed by atoms with E-state index in [4.69, 9.17) is 23.9 Å². The number of ether oxygens (including phenoxy) is 3. The summed E-state index contributed by atoms with van der Waals surface area (Å²) in [5, 5.41) is 58.2. The molecule has 0 aromatic heterocycles. The molecule has 0 radical (unpaired) electrons. The Morgan fingerprint density at radius 2 is 1.74 bits per heavy atom. The quantitative estimate of drug-likeness (QED) is 0.113. The first-order chi connectivity index (χ1) is 14.4. The Balaban J connectivity index is 1.86. The van der Waals surface area contributed by atoms with Gasteiger partial charge in [0.2, 0.25) is 5.76 Å². The fourth-order valence-corrected chi connectivity index (χ4v) is 4.07. The van der Waals surface area contributed by atoms with Crippen LogP contribution in [0.2, 0.25) is 0 Å². The van der Waals surface area contributed by atoms with Crippen LogP contribution < -0.4 is 4.72 Å². The van der Waals surface area contributed by atoms with Crippen molar-refractivity contribution in [1.29, 1.82) is 0 Å². The minimum absolute atomic E-state index is 0.0237. The van der Waals surface area contributed by atoms with E-state index in [9.17, 15) is 38.7 Å². The second-order valence-corrected chi connectivity index (χ2v) is 8.37. The van der Waals surface area contributed by atoms with Crippen molar-refractivity contribution in [3.63, 3.8) is 0 Å². The molecule has 8 atom stereocenters. The van der Waals surface area contributed by atoms with Crippen LogP contribution in [-0.4, -0.2) is 112 Å².